The van der Waals surface area contributed by atoms with Gasteiger partial charge in [-0.25, -0.2) is 4.68 Å². The zero-order valence-corrected chi connectivity index (χ0v) is 9.35. The van der Waals surface area contributed by atoms with Crippen LogP contribution in [0.2, 0.25) is 0 Å². The van der Waals surface area contributed by atoms with Crippen molar-refractivity contribution < 1.29 is 9.47 Å². The van der Waals surface area contributed by atoms with Gasteiger partial charge in [0.2, 0.25) is 0 Å². The molecule has 0 fully saturated rings. The average molecular weight is 220 g/mol. The topological polar surface area (TPSA) is 53.4 Å². The van der Waals surface area contributed by atoms with Crippen LogP contribution in [0.1, 0.15) is 0 Å². The normalized spacial score (nSPS) is 10.4. The van der Waals surface area contributed by atoms with Crippen LogP contribution in [-0.2, 0) is 7.05 Å². The summed E-state index contributed by atoms with van der Waals surface area (Å²) in [4.78, 5) is 11.9. The molecule has 0 saturated heterocycles. The molecule has 0 spiro atoms. The number of aromatic nitrogens is 2. The molecule has 2 rings (SSSR count). The second-order valence-electron chi connectivity index (χ2n) is 3.34. The highest BCUT2D eigenvalue weighted by Gasteiger charge is 2.12. The Bertz CT molecular complexity index is 590. The summed E-state index contributed by atoms with van der Waals surface area (Å²) < 4.78 is 11.6. The third-order valence-corrected chi connectivity index (χ3v) is 2.46. The van der Waals surface area contributed by atoms with Crippen molar-refractivity contribution in [3.05, 3.63) is 28.7 Å². The molecule has 0 radical (unpaired) electrons. The van der Waals surface area contributed by atoms with Crippen LogP contribution in [0.3, 0.4) is 0 Å². The number of ether oxygens (including phenoxy) is 2. The molecule has 16 heavy (non-hydrogen) atoms. The molecule has 2 aromatic rings. The maximum Gasteiger partial charge on any atom is 0.278 e. The molecule has 0 aliphatic carbocycles. The molecule has 1 heterocycles. The zero-order chi connectivity index (χ0) is 11.7. The number of hydrogen-bond acceptors (Lipinski definition) is 4. The zero-order valence-electron chi connectivity index (χ0n) is 9.35. The minimum absolute atomic E-state index is 0.201. The van der Waals surface area contributed by atoms with Crippen molar-refractivity contribution in [3.8, 4) is 11.5 Å². The first-order valence-electron chi connectivity index (χ1n) is 4.76. The second-order valence-corrected chi connectivity index (χ2v) is 3.34. The standard InChI is InChI=1S/C11H12N2O3/c1-13-11(14)9-7(6-12-13)4-5-8(15-2)10(9)16-3/h4-6H,1-3H3. The largest absolute Gasteiger partial charge is 0.493 e. The van der Waals surface area contributed by atoms with E-state index in [-0.39, 0.29) is 5.56 Å². The highest BCUT2D eigenvalue weighted by molar-refractivity contribution is 5.89. The molecule has 0 N–H and O–H groups in total. The summed E-state index contributed by atoms with van der Waals surface area (Å²) in [6, 6.07) is 3.54. The minimum atomic E-state index is -0.201. The van der Waals surface area contributed by atoms with Crippen LogP contribution >= 0.6 is 0 Å². The van der Waals surface area contributed by atoms with E-state index >= 15 is 0 Å². The molecule has 84 valence electrons. The van der Waals surface area contributed by atoms with Gasteiger partial charge in [0, 0.05) is 12.4 Å². The van der Waals surface area contributed by atoms with Crippen molar-refractivity contribution in [2.45, 2.75) is 0 Å². The highest BCUT2D eigenvalue weighted by Crippen LogP contribution is 2.32. The Balaban J connectivity index is 2.95. The number of fused-ring (bicyclic) bond motifs is 1. The van der Waals surface area contributed by atoms with Gasteiger partial charge in [0.05, 0.1) is 25.8 Å². The van der Waals surface area contributed by atoms with Crippen LogP contribution in [0.4, 0.5) is 0 Å². The third kappa shape index (κ3) is 1.41. The van der Waals surface area contributed by atoms with Crippen molar-refractivity contribution in [3.63, 3.8) is 0 Å². The average Bonchev–Trinajstić information content (AvgIpc) is 2.32. The summed E-state index contributed by atoms with van der Waals surface area (Å²) in [5.74, 6) is 0.987. The smallest absolute Gasteiger partial charge is 0.278 e. The number of nitrogens with zero attached hydrogens (tertiary/aromatic N) is 2. The molecule has 0 saturated carbocycles. The molecular weight excluding hydrogens is 208 g/mol. The fourth-order valence-corrected chi connectivity index (χ4v) is 1.63. The number of benzene rings is 1. The van der Waals surface area contributed by atoms with Gasteiger partial charge in [-0.3, -0.25) is 4.79 Å². The first kappa shape index (κ1) is 10.5. The van der Waals surface area contributed by atoms with E-state index in [0.29, 0.717) is 16.9 Å². The molecule has 0 atom stereocenters. The predicted octanol–water partition coefficient (Wildman–Crippen LogP) is 0.951. The summed E-state index contributed by atoms with van der Waals surface area (Å²) in [6.45, 7) is 0. The lowest BCUT2D eigenvalue weighted by Gasteiger charge is -2.10. The van der Waals surface area contributed by atoms with E-state index in [9.17, 15) is 4.79 Å². The van der Waals surface area contributed by atoms with E-state index < -0.39 is 0 Å². The minimum Gasteiger partial charge on any atom is -0.493 e. The SMILES string of the molecule is COc1ccc2cnn(C)c(=O)c2c1OC. The Morgan fingerprint density at radius 1 is 1.25 bits per heavy atom. The van der Waals surface area contributed by atoms with Crippen LogP contribution in [0, 0.1) is 0 Å². The molecule has 0 amide bonds. The lowest BCUT2D eigenvalue weighted by Crippen LogP contribution is -2.19. The Labute approximate surface area is 92.2 Å². The molecule has 0 aliphatic heterocycles. The number of hydrogen-bond donors (Lipinski definition) is 0. The van der Waals surface area contributed by atoms with Gasteiger partial charge < -0.3 is 9.47 Å². The van der Waals surface area contributed by atoms with Crippen molar-refractivity contribution in [1.82, 2.24) is 9.78 Å². The van der Waals surface area contributed by atoms with E-state index in [0.717, 1.165) is 5.39 Å². The summed E-state index contributed by atoms with van der Waals surface area (Å²) in [5, 5.41) is 5.17. The van der Waals surface area contributed by atoms with Gasteiger partial charge in [0.1, 0.15) is 0 Å². The molecule has 0 aliphatic rings. The maximum absolute atomic E-state index is 11.9. The first-order chi connectivity index (χ1) is 7.69. The van der Waals surface area contributed by atoms with Crippen LogP contribution < -0.4 is 15.0 Å². The molecular formula is C11H12N2O3. The summed E-state index contributed by atoms with van der Waals surface area (Å²) in [7, 11) is 4.65. The lowest BCUT2D eigenvalue weighted by molar-refractivity contribution is 0.358. The Morgan fingerprint density at radius 3 is 2.62 bits per heavy atom. The molecule has 5 nitrogen and oxygen atoms in total. The van der Waals surface area contributed by atoms with Crippen LogP contribution in [0.5, 0.6) is 11.5 Å². The van der Waals surface area contributed by atoms with E-state index in [1.807, 2.05) is 0 Å². The van der Waals surface area contributed by atoms with Crippen molar-refractivity contribution in [1.29, 1.82) is 0 Å². The second kappa shape index (κ2) is 3.84. The van der Waals surface area contributed by atoms with Crippen LogP contribution in [0.15, 0.2) is 23.1 Å². The van der Waals surface area contributed by atoms with Gasteiger partial charge in [-0.2, -0.15) is 5.10 Å². The van der Waals surface area contributed by atoms with Gasteiger partial charge in [0.15, 0.2) is 11.5 Å². The van der Waals surface area contributed by atoms with Gasteiger partial charge in [-0.15, -0.1) is 0 Å². The molecule has 5 heteroatoms. The first-order valence-corrected chi connectivity index (χ1v) is 4.76. The van der Waals surface area contributed by atoms with E-state index in [1.54, 1.807) is 25.4 Å². The van der Waals surface area contributed by atoms with Crippen molar-refractivity contribution in [2.24, 2.45) is 7.05 Å². The van der Waals surface area contributed by atoms with Crippen molar-refractivity contribution >= 4 is 10.8 Å². The van der Waals surface area contributed by atoms with Gasteiger partial charge in [-0.05, 0) is 12.1 Å². The monoisotopic (exact) mass is 220 g/mol. The molecule has 1 aromatic carbocycles. The Kier molecular flexibility index (Phi) is 2.52. The van der Waals surface area contributed by atoms with Gasteiger partial charge >= 0.3 is 0 Å². The summed E-state index contributed by atoms with van der Waals surface area (Å²) >= 11 is 0. The van der Waals surface area contributed by atoms with E-state index in [2.05, 4.69) is 5.10 Å². The van der Waals surface area contributed by atoms with Gasteiger partial charge in [-0.1, -0.05) is 0 Å². The number of rotatable bonds is 2. The molecule has 0 unspecified atom stereocenters. The Morgan fingerprint density at radius 2 is 2.00 bits per heavy atom. The maximum atomic E-state index is 11.9. The molecule has 1 aromatic heterocycles. The number of aryl methyl sites for hydroxylation is 1. The van der Waals surface area contributed by atoms with E-state index in [4.69, 9.17) is 9.47 Å². The third-order valence-electron chi connectivity index (χ3n) is 2.46. The predicted molar refractivity (Wildman–Crippen MR) is 60.1 cm³/mol. The van der Waals surface area contributed by atoms with Crippen LogP contribution in [-0.4, -0.2) is 24.0 Å². The van der Waals surface area contributed by atoms with Gasteiger partial charge in [0.25, 0.3) is 5.56 Å². The molecule has 0 bridgehead atoms. The number of methoxy groups -OCH3 is 2. The fraction of sp³-hybridized carbons (Fsp3) is 0.273. The highest BCUT2D eigenvalue weighted by atomic mass is 16.5. The quantitative estimate of drug-likeness (QED) is 0.756. The van der Waals surface area contributed by atoms with E-state index in [1.165, 1.54) is 18.9 Å². The van der Waals surface area contributed by atoms with Crippen LogP contribution in [0.25, 0.3) is 10.8 Å². The lowest BCUT2D eigenvalue weighted by atomic mass is 10.1. The fourth-order valence-electron chi connectivity index (χ4n) is 1.63. The summed E-state index contributed by atoms with van der Waals surface area (Å²) in [6.07, 6.45) is 1.62. The Hall–Kier alpha value is -2.04. The van der Waals surface area contributed by atoms with Crippen molar-refractivity contribution in [2.75, 3.05) is 14.2 Å². The summed E-state index contributed by atoms with van der Waals surface area (Å²) in [5.41, 5.74) is -0.201.